The van der Waals surface area contributed by atoms with Crippen molar-refractivity contribution in [3.63, 3.8) is 0 Å². The van der Waals surface area contributed by atoms with Gasteiger partial charge >= 0.3 is 0 Å². The van der Waals surface area contributed by atoms with E-state index < -0.39 is 5.91 Å². The number of hydrogen-bond donors (Lipinski definition) is 2. The van der Waals surface area contributed by atoms with Crippen LogP contribution in [0.4, 0.5) is 4.39 Å². The largest absolute Gasteiger partial charge is 0.460 e. The van der Waals surface area contributed by atoms with Crippen molar-refractivity contribution in [2.24, 2.45) is 5.73 Å². The number of primary amides is 1. The fraction of sp³-hybridized carbons (Fsp3) is 0.185. The number of halogens is 1. The molecule has 0 spiro atoms. The SMILES string of the molecule is CC(C)(C)NC(=O)c1cccc(-c2ccc3oc(Cc4ccc(F)cc4)c(C(N)=O)c3c2)c1. The molecule has 0 atom stereocenters. The fourth-order valence-electron chi connectivity index (χ4n) is 3.76. The van der Waals surface area contributed by atoms with Crippen molar-refractivity contribution in [2.75, 3.05) is 0 Å². The monoisotopic (exact) mass is 444 g/mol. The number of nitrogens with two attached hydrogens (primary N) is 1. The first-order valence-corrected chi connectivity index (χ1v) is 10.6. The molecule has 0 aliphatic rings. The van der Waals surface area contributed by atoms with Gasteiger partial charge in [-0.25, -0.2) is 4.39 Å². The Morgan fingerprint density at radius 1 is 0.970 bits per heavy atom. The molecule has 2 amide bonds. The highest BCUT2D eigenvalue weighted by atomic mass is 19.1. The highest BCUT2D eigenvalue weighted by Gasteiger charge is 2.20. The van der Waals surface area contributed by atoms with E-state index in [9.17, 15) is 14.0 Å². The molecule has 33 heavy (non-hydrogen) atoms. The van der Waals surface area contributed by atoms with Crippen molar-refractivity contribution in [3.05, 3.63) is 95.0 Å². The number of hydrogen-bond acceptors (Lipinski definition) is 3. The smallest absolute Gasteiger partial charge is 0.252 e. The van der Waals surface area contributed by atoms with Crippen LogP contribution in [0.25, 0.3) is 22.1 Å². The number of carbonyl (C=O) groups is 2. The van der Waals surface area contributed by atoms with Gasteiger partial charge in [0.05, 0.1) is 5.56 Å². The predicted octanol–water partition coefficient (Wildman–Crippen LogP) is 5.46. The van der Waals surface area contributed by atoms with E-state index in [1.54, 1.807) is 24.3 Å². The van der Waals surface area contributed by atoms with E-state index in [1.165, 1.54) is 12.1 Å². The second kappa shape index (κ2) is 8.54. The molecule has 0 fully saturated rings. The highest BCUT2D eigenvalue weighted by molar-refractivity contribution is 6.07. The van der Waals surface area contributed by atoms with E-state index in [0.717, 1.165) is 16.7 Å². The van der Waals surface area contributed by atoms with Gasteiger partial charge in [0.2, 0.25) is 0 Å². The van der Waals surface area contributed by atoms with Crippen LogP contribution in [0.5, 0.6) is 0 Å². The van der Waals surface area contributed by atoms with Crippen molar-refractivity contribution >= 4 is 22.8 Å². The molecule has 3 N–H and O–H groups in total. The Kier molecular flexibility index (Phi) is 5.77. The van der Waals surface area contributed by atoms with Crippen LogP contribution in [-0.4, -0.2) is 17.4 Å². The molecule has 1 heterocycles. The van der Waals surface area contributed by atoms with Gasteiger partial charge in [-0.05, 0) is 73.9 Å². The first-order valence-electron chi connectivity index (χ1n) is 10.6. The number of benzene rings is 3. The van der Waals surface area contributed by atoms with Gasteiger partial charge in [0.15, 0.2) is 0 Å². The number of fused-ring (bicyclic) bond motifs is 1. The first kappa shape index (κ1) is 22.3. The molecule has 0 radical (unpaired) electrons. The zero-order chi connectivity index (χ0) is 23.8. The summed E-state index contributed by atoms with van der Waals surface area (Å²) in [7, 11) is 0. The van der Waals surface area contributed by atoms with Gasteiger partial charge in [-0.3, -0.25) is 9.59 Å². The zero-order valence-electron chi connectivity index (χ0n) is 18.7. The summed E-state index contributed by atoms with van der Waals surface area (Å²) in [6.45, 7) is 5.78. The van der Waals surface area contributed by atoms with E-state index in [0.29, 0.717) is 34.3 Å². The molecular formula is C27H25FN2O3. The van der Waals surface area contributed by atoms with Crippen LogP contribution in [0, 0.1) is 5.82 Å². The molecule has 0 unspecified atom stereocenters. The Balaban J connectivity index is 1.73. The van der Waals surface area contributed by atoms with Crippen molar-refractivity contribution in [2.45, 2.75) is 32.7 Å². The van der Waals surface area contributed by atoms with Gasteiger partial charge in [0.1, 0.15) is 17.2 Å². The summed E-state index contributed by atoms with van der Waals surface area (Å²) in [6, 6.07) is 18.8. The molecular weight excluding hydrogens is 419 g/mol. The lowest BCUT2D eigenvalue weighted by molar-refractivity contribution is 0.0918. The second-order valence-electron chi connectivity index (χ2n) is 9.06. The third-order valence-corrected chi connectivity index (χ3v) is 5.23. The summed E-state index contributed by atoms with van der Waals surface area (Å²) in [5, 5.41) is 3.56. The Morgan fingerprint density at radius 2 is 1.67 bits per heavy atom. The molecule has 4 aromatic rings. The summed E-state index contributed by atoms with van der Waals surface area (Å²) >= 11 is 0. The number of amides is 2. The van der Waals surface area contributed by atoms with Gasteiger partial charge < -0.3 is 15.5 Å². The van der Waals surface area contributed by atoms with Crippen molar-refractivity contribution in [1.82, 2.24) is 5.32 Å². The fourth-order valence-corrected chi connectivity index (χ4v) is 3.76. The van der Waals surface area contributed by atoms with E-state index in [1.807, 2.05) is 51.1 Å². The van der Waals surface area contributed by atoms with Crippen LogP contribution < -0.4 is 11.1 Å². The molecule has 5 nitrogen and oxygen atoms in total. The second-order valence-corrected chi connectivity index (χ2v) is 9.06. The first-order chi connectivity index (χ1) is 15.6. The number of nitrogens with one attached hydrogen (secondary N) is 1. The molecule has 6 heteroatoms. The molecule has 4 rings (SSSR count). The van der Waals surface area contributed by atoms with Gasteiger partial charge in [-0.15, -0.1) is 0 Å². The summed E-state index contributed by atoms with van der Waals surface area (Å²) in [4.78, 5) is 24.9. The van der Waals surface area contributed by atoms with E-state index >= 15 is 0 Å². The predicted molar refractivity (Wildman–Crippen MR) is 127 cm³/mol. The van der Waals surface area contributed by atoms with Crippen molar-refractivity contribution in [1.29, 1.82) is 0 Å². The minimum atomic E-state index is -0.596. The lowest BCUT2D eigenvalue weighted by atomic mass is 9.98. The molecule has 0 saturated carbocycles. The van der Waals surface area contributed by atoms with Gasteiger partial charge in [0.25, 0.3) is 11.8 Å². The topological polar surface area (TPSA) is 85.3 Å². The van der Waals surface area contributed by atoms with E-state index in [4.69, 9.17) is 10.2 Å². The van der Waals surface area contributed by atoms with E-state index in [-0.39, 0.29) is 17.3 Å². The Bertz CT molecular complexity index is 1350. The Labute approximate surface area is 191 Å². The average Bonchev–Trinajstić information content (AvgIpc) is 3.11. The summed E-state index contributed by atoms with van der Waals surface area (Å²) < 4.78 is 19.2. The number of furan rings is 1. The average molecular weight is 445 g/mol. The van der Waals surface area contributed by atoms with Crippen LogP contribution >= 0.6 is 0 Å². The quantitative estimate of drug-likeness (QED) is 0.429. The molecule has 1 aromatic heterocycles. The zero-order valence-corrected chi connectivity index (χ0v) is 18.7. The van der Waals surface area contributed by atoms with Gasteiger partial charge in [0, 0.05) is 22.9 Å². The third kappa shape index (κ3) is 4.95. The Hall–Kier alpha value is -3.93. The number of rotatable bonds is 5. The minimum absolute atomic E-state index is 0.159. The van der Waals surface area contributed by atoms with Crippen LogP contribution in [0.2, 0.25) is 0 Å². The molecule has 0 saturated heterocycles. The molecule has 3 aromatic carbocycles. The summed E-state index contributed by atoms with van der Waals surface area (Å²) in [6.07, 6.45) is 0.311. The standard InChI is InChI=1S/C27H25FN2O3/c1-27(2,3)30-26(32)19-6-4-5-17(14-19)18-9-12-22-21(15-18)24(25(29)31)23(33-22)13-16-7-10-20(28)11-8-16/h4-12,14-15H,13H2,1-3H3,(H2,29,31)(H,30,32). The molecule has 0 bridgehead atoms. The summed E-state index contributed by atoms with van der Waals surface area (Å²) in [5.74, 6) is -0.657. The lowest BCUT2D eigenvalue weighted by Crippen LogP contribution is -2.40. The number of carbonyl (C=O) groups excluding carboxylic acids is 2. The Morgan fingerprint density at radius 3 is 2.33 bits per heavy atom. The van der Waals surface area contributed by atoms with Crippen molar-refractivity contribution in [3.8, 4) is 11.1 Å². The third-order valence-electron chi connectivity index (χ3n) is 5.23. The lowest BCUT2D eigenvalue weighted by Gasteiger charge is -2.20. The minimum Gasteiger partial charge on any atom is -0.460 e. The van der Waals surface area contributed by atoms with Gasteiger partial charge in [-0.1, -0.05) is 30.3 Å². The maximum absolute atomic E-state index is 13.2. The normalized spacial score (nSPS) is 11.5. The van der Waals surface area contributed by atoms with Crippen LogP contribution in [0.15, 0.2) is 71.1 Å². The molecule has 0 aliphatic carbocycles. The maximum Gasteiger partial charge on any atom is 0.252 e. The highest BCUT2D eigenvalue weighted by Crippen LogP contribution is 2.32. The molecule has 0 aliphatic heterocycles. The van der Waals surface area contributed by atoms with Crippen LogP contribution in [0.1, 0.15) is 52.8 Å². The van der Waals surface area contributed by atoms with Crippen LogP contribution in [-0.2, 0) is 6.42 Å². The molecule has 168 valence electrons. The van der Waals surface area contributed by atoms with E-state index in [2.05, 4.69) is 5.32 Å². The maximum atomic E-state index is 13.2. The van der Waals surface area contributed by atoms with Crippen molar-refractivity contribution < 1.29 is 18.4 Å². The van der Waals surface area contributed by atoms with Crippen LogP contribution in [0.3, 0.4) is 0 Å². The summed E-state index contributed by atoms with van der Waals surface area (Å²) in [5.41, 5.74) is 9.19. The van der Waals surface area contributed by atoms with Gasteiger partial charge in [-0.2, -0.15) is 0 Å².